The third-order valence-electron chi connectivity index (χ3n) is 2.95. The van der Waals surface area contributed by atoms with Gasteiger partial charge < -0.3 is 5.32 Å². The summed E-state index contributed by atoms with van der Waals surface area (Å²) in [5.74, 6) is -1.11. The van der Waals surface area contributed by atoms with E-state index in [1.54, 1.807) is 0 Å². The lowest BCUT2D eigenvalue weighted by Gasteiger charge is -2.08. The van der Waals surface area contributed by atoms with E-state index in [0.29, 0.717) is 5.56 Å². The van der Waals surface area contributed by atoms with Crippen LogP contribution in [0.1, 0.15) is 15.9 Å². The maximum Gasteiger partial charge on any atom is 0.283 e. The van der Waals surface area contributed by atoms with E-state index >= 15 is 0 Å². The predicted molar refractivity (Wildman–Crippen MR) is 89.3 cm³/mol. The summed E-state index contributed by atoms with van der Waals surface area (Å²) in [5, 5.41) is 18.6. The number of nitro benzene ring substituents is 1. The zero-order valence-electron chi connectivity index (χ0n) is 12.1. The molecule has 0 saturated heterocycles. The van der Waals surface area contributed by atoms with Crippen LogP contribution >= 0.6 is 11.6 Å². The van der Waals surface area contributed by atoms with Crippen molar-refractivity contribution in [2.75, 3.05) is 5.32 Å². The number of hydrogen-bond acceptors (Lipinski definition) is 5. The highest BCUT2D eigenvalue weighted by atomic mass is 35.5. The number of nitrogens with zero attached hydrogens (tertiary/aromatic N) is 1. The number of primary sulfonamides is 1. The average Bonchev–Trinajstić information content (AvgIpc) is 2.45. The van der Waals surface area contributed by atoms with Crippen LogP contribution in [0.5, 0.6) is 0 Å². The fourth-order valence-corrected chi connectivity index (χ4v) is 2.83. The van der Waals surface area contributed by atoms with E-state index in [1.807, 2.05) is 0 Å². The quantitative estimate of drug-likeness (QED) is 0.616. The summed E-state index contributed by atoms with van der Waals surface area (Å²) >= 11 is 5.70. The number of hydrogen-bond donors (Lipinski definition) is 2. The molecule has 0 aliphatic rings. The lowest BCUT2D eigenvalue weighted by molar-refractivity contribution is -0.385. The zero-order chi connectivity index (χ0) is 17.9. The summed E-state index contributed by atoms with van der Waals surface area (Å²) in [5.41, 5.74) is 0.0632. The molecular formula is C14H12ClN3O5S. The van der Waals surface area contributed by atoms with Crippen molar-refractivity contribution in [2.24, 2.45) is 5.14 Å². The Hall–Kier alpha value is -2.49. The van der Waals surface area contributed by atoms with Gasteiger partial charge in [0.2, 0.25) is 10.0 Å². The molecular weight excluding hydrogens is 358 g/mol. The highest BCUT2D eigenvalue weighted by Gasteiger charge is 2.20. The number of rotatable bonds is 5. The molecule has 0 fully saturated rings. The summed E-state index contributed by atoms with van der Waals surface area (Å²) < 4.78 is 22.2. The van der Waals surface area contributed by atoms with Gasteiger partial charge in [-0.3, -0.25) is 14.9 Å². The zero-order valence-corrected chi connectivity index (χ0v) is 13.7. The van der Waals surface area contributed by atoms with Gasteiger partial charge in [-0.1, -0.05) is 23.7 Å². The topological polar surface area (TPSA) is 132 Å². The van der Waals surface area contributed by atoms with E-state index < -0.39 is 32.3 Å². The van der Waals surface area contributed by atoms with Crippen molar-refractivity contribution < 1.29 is 18.1 Å². The Labute approximate surface area is 142 Å². The molecule has 8 nitrogen and oxygen atoms in total. The van der Waals surface area contributed by atoms with Crippen LogP contribution < -0.4 is 10.5 Å². The van der Waals surface area contributed by atoms with E-state index in [0.717, 1.165) is 6.07 Å². The molecule has 0 aliphatic carbocycles. The molecule has 126 valence electrons. The van der Waals surface area contributed by atoms with Crippen molar-refractivity contribution in [3.63, 3.8) is 0 Å². The number of carbonyl (C=O) groups excluding carboxylic acids is 1. The van der Waals surface area contributed by atoms with Crippen molar-refractivity contribution in [3.05, 3.63) is 68.7 Å². The van der Waals surface area contributed by atoms with Gasteiger partial charge in [0.05, 0.1) is 10.7 Å². The van der Waals surface area contributed by atoms with Crippen molar-refractivity contribution in [2.45, 2.75) is 5.75 Å². The van der Waals surface area contributed by atoms with E-state index in [4.69, 9.17) is 16.7 Å². The molecule has 10 heteroatoms. The molecule has 0 bridgehead atoms. The number of amides is 1. The van der Waals surface area contributed by atoms with Crippen LogP contribution in [0.4, 0.5) is 11.4 Å². The third kappa shape index (κ3) is 4.75. The maximum absolute atomic E-state index is 12.2. The van der Waals surface area contributed by atoms with Crippen LogP contribution in [0.25, 0.3) is 0 Å². The minimum Gasteiger partial charge on any atom is -0.322 e. The predicted octanol–water partition coefficient (Wildman–Crippen LogP) is 2.29. The molecule has 0 saturated carbocycles. The van der Waals surface area contributed by atoms with E-state index in [-0.39, 0.29) is 16.3 Å². The summed E-state index contributed by atoms with van der Waals surface area (Å²) in [6.45, 7) is 0. The second kappa shape index (κ2) is 6.95. The van der Waals surface area contributed by atoms with Crippen molar-refractivity contribution in [1.29, 1.82) is 0 Å². The van der Waals surface area contributed by atoms with Crippen molar-refractivity contribution in [3.8, 4) is 0 Å². The first kappa shape index (κ1) is 17.9. The third-order valence-corrected chi connectivity index (χ3v) is 3.92. The Bertz CT molecular complexity index is 914. The maximum atomic E-state index is 12.2. The number of nitrogens with two attached hydrogens (primary N) is 1. The number of benzene rings is 2. The van der Waals surface area contributed by atoms with Crippen LogP contribution in [0.3, 0.4) is 0 Å². The van der Waals surface area contributed by atoms with Crippen LogP contribution in [-0.4, -0.2) is 19.2 Å². The van der Waals surface area contributed by atoms with Crippen LogP contribution in [0.2, 0.25) is 5.02 Å². The van der Waals surface area contributed by atoms with Gasteiger partial charge in [0.25, 0.3) is 11.6 Å². The smallest absolute Gasteiger partial charge is 0.283 e. The molecule has 0 aliphatic heterocycles. The van der Waals surface area contributed by atoms with E-state index in [9.17, 15) is 23.3 Å². The highest BCUT2D eigenvalue weighted by Crippen LogP contribution is 2.24. The van der Waals surface area contributed by atoms with Gasteiger partial charge >= 0.3 is 0 Å². The van der Waals surface area contributed by atoms with Gasteiger partial charge in [0.15, 0.2) is 0 Å². The fraction of sp³-hybridized carbons (Fsp3) is 0.0714. The molecule has 1 amide bonds. The Morgan fingerprint density at radius 1 is 1.25 bits per heavy atom. The molecule has 3 N–H and O–H groups in total. The number of halogens is 1. The molecule has 24 heavy (non-hydrogen) atoms. The number of nitro groups is 1. The fourth-order valence-electron chi connectivity index (χ4n) is 2.02. The monoisotopic (exact) mass is 369 g/mol. The van der Waals surface area contributed by atoms with E-state index in [2.05, 4.69) is 5.32 Å². The number of sulfonamides is 1. The van der Waals surface area contributed by atoms with Crippen LogP contribution in [0.15, 0.2) is 42.5 Å². The molecule has 0 radical (unpaired) electrons. The molecule has 2 rings (SSSR count). The van der Waals surface area contributed by atoms with Gasteiger partial charge in [0.1, 0.15) is 5.56 Å². The molecule has 0 unspecified atom stereocenters. The molecule has 0 aromatic heterocycles. The first-order chi connectivity index (χ1) is 11.2. The molecule has 0 atom stereocenters. The summed E-state index contributed by atoms with van der Waals surface area (Å²) in [4.78, 5) is 22.6. The van der Waals surface area contributed by atoms with Gasteiger partial charge in [-0.15, -0.1) is 0 Å². The first-order valence-electron chi connectivity index (χ1n) is 6.50. The van der Waals surface area contributed by atoms with Gasteiger partial charge in [0, 0.05) is 16.8 Å². The Morgan fingerprint density at radius 2 is 1.96 bits per heavy atom. The Morgan fingerprint density at radius 3 is 2.58 bits per heavy atom. The van der Waals surface area contributed by atoms with E-state index in [1.165, 1.54) is 36.4 Å². The number of nitrogens with one attached hydrogen (secondary N) is 1. The Kier molecular flexibility index (Phi) is 5.17. The minimum absolute atomic E-state index is 0.133. The minimum atomic E-state index is -3.71. The lowest BCUT2D eigenvalue weighted by atomic mass is 10.1. The van der Waals surface area contributed by atoms with Crippen LogP contribution in [0, 0.1) is 10.1 Å². The van der Waals surface area contributed by atoms with Gasteiger partial charge in [-0.05, 0) is 29.8 Å². The highest BCUT2D eigenvalue weighted by molar-refractivity contribution is 7.88. The SMILES string of the molecule is NS(=O)(=O)Cc1cccc(NC(=O)c2ccc(Cl)cc2[N+](=O)[O-])c1. The number of carbonyl (C=O) groups is 1. The van der Waals surface area contributed by atoms with Crippen molar-refractivity contribution in [1.82, 2.24) is 0 Å². The van der Waals surface area contributed by atoms with Gasteiger partial charge in [-0.25, -0.2) is 13.6 Å². The summed E-state index contributed by atoms with van der Waals surface area (Å²) in [7, 11) is -3.71. The Balaban J connectivity index is 2.28. The molecule has 0 heterocycles. The molecule has 0 spiro atoms. The lowest BCUT2D eigenvalue weighted by Crippen LogP contribution is -2.16. The molecule has 2 aromatic rings. The van der Waals surface area contributed by atoms with Crippen LogP contribution in [-0.2, 0) is 15.8 Å². The first-order valence-corrected chi connectivity index (χ1v) is 8.60. The molecule has 2 aromatic carbocycles. The second-order valence-electron chi connectivity index (χ2n) is 4.88. The second-order valence-corrected chi connectivity index (χ2v) is 6.93. The standard InChI is InChI=1S/C14H12ClN3O5S/c15-10-4-5-12(13(7-10)18(20)21)14(19)17-11-3-1-2-9(6-11)8-24(16,22)23/h1-7H,8H2,(H,17,19)(H2,16,22,23). The van der Waals surface area contributed by atoms with Gasteiger partial charge in [-0.2, -0.15) is 0 Å². The van der Waals surface area contributed by atoms with Crippen molar-refractivity contribution >= 4 is 38.9 Å². The summed E-state index contributed by atoms with van der Waals surface area (Å²) in [6.07, 6.45) is 0. The normalized spacial score (nSPS) is 11.1. The summed E-state index contributed by atoms with van der Waals surface area (Å²) in [6, 6.07) is 9.69. The largest absolute Gasteiger partial charge is 0.322 e. The number of anilines is 1. The average molecular weight is 370 g/mol.